The smallest absolute Gasteiger partial charge is 0.0618 e. The van der Waals surface area contributed by atoms with Crippen molar-refractivity contribution in [3.8, 4) is 5.69 Å². The summed E-state index contributed by atoms with van der Waals surface area (Å²) in [4.78, 5) is 0. The number of hydrogen-bond donors (Lipinski definition) is 0. The predicted octanol–water partition coefficient (Wildman–Crippen LogP) is 3.64. The van der Waals surface area contributed by atoms with E-state index < -0.39 is 0 Å². The Balaban J connectivity index is 2.37. The van der Waals surface area contributed by atoms with Gasteiger partial charge >= 0.3 is 0 Å². The van der Waals surface area contributed by atoms with Crippen LogP contribution in [-0.2, 0) is 12.8 Å². The van der Waals surface area contributed by atoms with Crippen molar-refractivity contribution >= 4 is 10.9 Å². The summed E-state index contributed by atoms with van der Waals surface area (Å²) in [6, 6.07) is 18.8. The summed E-state index contributed by atoms with van der Waals surface area (Å²) in [6.45, 7) is 4.42. The van der Waals surface area contributed by atoms with E-state index in [0.717, 1.165) is 24.0 Å². The van der Waals surface area contributed by atoms with Gasteiger partial charge in [-0.15, -0.1) is 0 Å². The summed E-state index contributed by atoms with van der Waals surface area (Å²) in [5.41, 5.74) is 4.90. The molecule has 0 fully saturated rings. The van der Waals surface area contributed by atoms with Crippen LogP contribution in [0.3, 0.4) is 0 Å². The van der Waals surface area contributed by atoms with E-state index in [1.54, 1.807) is 0 Å². The summed E-state index contributed by atoms with van der Waals surface area (Å²) in [5, 5.41) is 6.12. The van der Waals surface area contributed by atoms with Crippen molar-refractivity contribution in [2.24, 2.45) is 0 Å². The molecule has 0 unspecified atom stereocenters. The number of fused-ring (bicyclic) bond motifs is 1. The molecule has 0 aliphatic rings. The lowest BCUT2D eigenvalue weighted by Crippen LogP contribution is -2.41. The molecule has 0 amide bonds. The summed E-state index contributed by atoms with van der Waals surface area (Å²) in [6.07, 6.45) is 2.01. The van der Waals surface area contributed by atoms with Crippen molar-refractivity contribution in [3.63, 3.8) is 0 Å². The van der Waals surface area contributed by atoms with Gasteiger partial charge in [-0.1, -0.05) is 50.2 Å². The molecule has 0 aliphatic heterocycles. The first-order valence-corrected chi connectivity index (χ1v) is 7.23. The molecular weight excluding hydrogens is 244 g/mol. The van der Waals surface area contributed by atoms with Gasteiger partial charge in [-0.25, -0.2) is 0 Å². The van der Waals surface area contributed by atoms with Crippen LogP contribution in [0, 0.1) is 0 Å². The summed E-state index contributed by atoms with van der Waals surface area (Å²) in [5.74, 6) is 0. The van der Waals surface area contributed by atoms with E-state index in [0.29, 0.717) is 0 Å². The topological polar surface area (TPSA) is 16.8 Å². The zero-order valence-electron chi connectivity index (χ0n) is 12.0. The van der Waals surface area contributed by atoms with Gasteiger partial charge in [0.15, 0.2) is 0 Å². The third kappa shape index (κ3) is 2.07. The lowest BCUT2D eigenvalue weighted by Gasteiger charge is -2.08. The minimum atomic E-state index is 0.982. The molecule has 3 aromatic rings. The van der Waals surface area contributed by atoms with E-state index in [2.05, 4.69) is 67.1 Å². The minimum absolute atomic E-state index is 0.982. The van der Waals surface area contributed by atoms with E-state index >= 15 is 0 Å². The van der Waals surface area contributed by atoms with Gasteiger partial charge in [0.05, 0.1) is 0 Å². The molecule has 0 saturated carbocycles. The Morgan fingerprint density at radius 2 is 1.55 bits per heavy atom. The van der Waals surface area contributed by atoms with Crippen LogP contribution in [0.4, 0.5) is 0 Å². The molecule has 2 nitrogen and oxygen atoms in total. The molecule has 2 aromatic carbocycles. The van der Waals surface area contributed by atoms with Crippen molar-refractivity contribution in [3.05, 3.63) is 65.9 Å². The molecule has 20 heavy (non-hydrogen) atoms. The quantitative estimate of drug-likeness (QED) is 0.659. The fourth-order valence-corrected chi connectivity index (χ4v) is 2.81. The number of benzene rings is 2. The van der Waals surface area contributed by atoms with E-state index in [1.165, 1.54) is 16.6 Å². The van der Waals surface area contributed by atoms with Gasteiger partial charge in [-0.05, 0) is 17.2 Å². The number of nitrogens with zero attached hydrogens (tertiary/aromatic N) is 2. The molecular formula is C18H19N2+. The SMILES string of the molecule is CCc1c(CC)[n+](-c2ccccc2)nc2ccccc12. The average molecular weight is 263 g/mol. The molecule has 3 rings (SSSR count). The van der Waals surface area contributed by atoms with Crippen LogP contribution >= 0.6 is 0 Å². The number of rotatable bonds is 3. The van der Waals surface area contributed by atoms with Crippen LogP contribution in [0.5, 0.6) is 0 Å². The maximum Gasteiger partial charge on any atom is 0.238 e. The molecule has 1 aromatic heterocycles. The fraction of sp³-hybridized carbons (Fsp3) is 0.222. The molecule has 100 valence electrons. The van der Waals surface area contributed by atoms with Gasteiger partial charge in [0.1, 0.15) is 5.52 Å². The summed E-state index contributed by atoms with van der Waals surface area (Å²) in [7, 11) is 0. The molecule has 0 atom stereocenters. The van der Waals surface area contributed by atoms with Crippen molar-refractivity contribution in [2.45, 2.75) is 26.7 Å². The molecule has 0 spiro atoms. The van der Waals surface area contributed by atoms with Crippen LogP contribution < -0.4 is 4.68 Å². The highest BCUT2D eigenvalue weighted by atomic mass is 15.3. The predicted molar refractivity (Wildman–Crippen MR) is 82.0 cm³/mol. The highest BCUT2D eigenvalue weighted by Crippen LogP contribution is 2.20. The summed E-state index contributed by atoms with van der Waals surface area (Å²) >= 11 is 0. The van der Waals surface area contributed by atoms with E-state index in [9.17, 15) is 0 Å². The standard InChI is InChI=1S/C18H19N2/c1-3-15-16-12-8-9-13-17(16)19-20(18(15)4-2)14-10-6-5-7-11-14/h5-13H,3-4H2,1-2H3/q+1. The Hall–Kier alpha value is -2.22. The first kappa shape index (κ1) is 12.8. The molecule has 0 N–H and O–H groups in total. The zero-order valence-corrected chi connectivity index (χ0v) is 12.0. The normalized spacial score (nSPS) is 10.9. The maximum absolute atomic E-state index is 4.84. The van der Waals surface area contributed by atoms with Gasteiger partial charge in [0.25, 0.3) is 0 Å². The highest BCUT2D eigenvalue weighted by molar-refractivity contribution is 5.81. The second kappa shape index (κ2) is 5.41. The minimum Gasteiger partial charge on any atom is -0.0618 e. The lowest BCUT2D eigenvalue weighted by atomic mass is 10.0. The fourth-order valence-electron chi connectivity index (χ4n) is 2.81. The van der Waals surface area contributed by atoms with Crippen LogP contribution in [0.1, 0.15) is 25.1 Å². The van der Waals surface area contributed by atoms with Crippen LogP contribution in [-0.4, -0.2) is 5.10 Å². The Morgan fingerprint density at radius 3 is 2.25 bits per heavy atom. The Morgan fingerprint density at radius 1 is 0.850 bits per heavy atom. The maximum atomic E-state index is 4.84. The Labute approximate surface area is 119 Å². The van der Waals surface area contributed by atoms with Crippen molar-refractivity contribution < 1.29 is 4.68 Å². The molecule has 0 bridgehead atoms. The van der Waals surface area contributed by atoms with Gasteiger partial charge in [0.2, 0.25) is 11.4 Å². The number of hydrogen-bond acceptors (Lipinski definition) is 1. The monoisotopic (exact) mass is 263 g/mol. The lowest BCUT2D eigenvalue weighted by molar-refractivity contribution is -0.665. The second-order valence-electron chi connectivity index (χ2n) is 4.90. The first-order chi connectivity index (χ1) is 9.85. The molecule has 1 heterocycles. The van der Waals surface area contributed by atoms with Crippen molar-refractivity contribution in [1.29, 1.82) is 0 Å². The van der Waals surface area contributed by atoms with Gasteiger partial charge in [0, 0.05) is 34.6 Å². The number of aryl methyl sites for hydroxylation is 1. The average Bonchev–Trinajstić information content (AvgIpc) is 2.53. The van der Waals surface area contributed by atoms with Crippen LogP contribution in [0.15, 0.2) is 54.6 Å². The molecule has 0 radical (unpaired) electrons. The first-order valence-electron chi connectivity index (χ1n) is 7.23. The number of para-hydroxylation sites is 1. The molecule has 0 saturated heterocycles. The van der Waals surface area contributed by atoms with E-state index in [1.807, 2.05) is 6.07 Å². The molecule has 2 heteroatoms. The van der Waals surface area contributed by atoms with Gasteiger partial charge in [-0.2, -0.15) is 0 Å². The van der Waals surface area contributed by atoms with E-state index in [4.69, 9.17) is 5.10 Å². The third-order valence-corrected chi connectivity index (χ3v) is 3.73. The Bertz CT molecular complexity index is 733. The van der Waals surface area contributed by atoms with Crippen molar-refractivity contribution in [2.75, 3.05) is 0 Å². The van der Waals surface area contributed by atoms with E-state index in [-0.39, 0.29) is 0 Å². The third-order valence-electron chi connectivity index (χ3n) is 3.73. The van der Waals surface area contributed by atoms with Gasteiger partial charge < -0.3 is 0 Å². The zero-order chi connectivity index (χ0) is 13.9. The highest BCUT2D eigenvalue weighted by Gasteiger charge is 2.21. The largest absolute Gasteiger partial charge is 0.238 e. The summed E-state index contributed by atoms with van der Waals surface area (Å²) < 4.78 is 2.10. The number of aromatic nitrogens is 2. The van der Waals surface area contributed by atoms with Crippen molar-refractivity contribution in [1.82, 2.24) is 5.10 Å². The Kier molecular flexibility index (Phi) is 3.46. The van der Waals surface area contributed by atoms with Crippen LogP contribution in [0.25, 0.3) is 16.6 Å². The van der Waals surface area contributed by atoms with Gasteiger partial charge in [-0.3, -0.25) is 0 Å². The molecule has 0 aliphatic carbocycles. The second-order valence-corrected chi connectivity index (χ2v) is 4.90. The van der Waals surface area contributed by atoms with Crippen LogP contribution in [0.2, 0.25) is 0 Å².